The van der Waals surface area contributed by atoms with Crippen LogP contribution in [0, 0.1) is 0 Å². The summed E-state index contributed by atoms with van der Waals surface area (Å²) in [6.45, 7) is 4.89. The van der Waals surface area contributed by atoms with Gasteiger partial charge in [-0.3, -0.25) is 0 Å². The molecule has 7 heteroatoms. The van der Waals surface area contributed by atoms with Crippen LogP contribution in [0.2, 0.25) is 0 Å². The van der Waals surface area contributed by atoms with Gasteiger partial charge in [-0.15, -0.1) is 0 Å². The van der Waals surface area contributed by atoms with Crippen molar-refractivity contribution in [3.05, 3.63) is 12.3 Å². The van der Waals surface area contributed by atoms with Crippen molar-refractivity contribution >= 4 is 11.8 Å². The van der Waals surface area contributed by atoms with Crippen LogP contribution >= 0.6 is 0 Å². The van der Waals surface area contributed by atoms with Crippen LogP contribution in [0.1, 0.15) is 12.8 Å². The fourth-order valence-electron chi connectivity index (χ4n) is 3.10. The van der Waals surface area contributed by atoms with Crippen molar-refractivity contribution in [1.82, 2.24) is 14.9 Å². The highest BCUT2D eigenvalue weighted by atomic mass is 16.5. The van der Waals surface area contributed by atoms with Crippen molar-refractivity contribution in [2.24, 2.45) is 0 Å². The van der Waals surface area contributed by atoms with E-state index < -0.39 is 5.60 Å². The highest BCUT2D eigenvalue weighted by Gasteiger charge is 2.35. The average Bonchev–Trinajstić information content (AvgIpc) is 2.87. The largest absolute Gasteiger partial charge is 0.384 e. The van der Waals surface area contributed by atoms with Gasteiger partial charge in [0, 0.05) is 19.3 Å². The number of β-amino-alcohol motifs (C(OH)–C–C–N with tert-alkyl or cyclic N) is 1. The molecule has 2 fully saturated rings. The van der Waals surface area contributed by atoms with Crippen LogP contribution in [0.3, 0.4) is 0 Å². The van der Waals surface area contributed by atoms with Crippen molar-refractivity contribution in [2.45, 2.75) is 18.4 Å². The lowest BCUT2D eigenvalue weighted by atomic mass is 10.0. The van der Waals surface area contributed by atoms with E-state index in [0.717, 1.165) is 18.9 Å². The van der Waals surface area contributed by atoms with E-state index in [1.165, 1.54) is 12.8 Å². The molecule has 2 saturated heterocycles. The van der Waals surface area contributed by atoms with Crippen LogP contribution in [0.25, 0.3) is 0 Å². The third-order valence-corrected chi connectivity index (χ3v) is 4.06. The van der Waals surface area contributed by atoms with Crippen molar-refractivity contribution < 1.29 is 9.84 Å². The summed E-state index contributed by atoms with van der Waals surface area (Å²) in [5, 5.41) is 10.9. The molecule has 7 nitrogen and oxygen atoms in total. The van der Waals surface area contributed by atoms with Gasteiger partial charge in [-0.05, 0) is 32.0 Å². The third-order valence-electron chi connectivity index (χ3n) is 4.06. The first-order valence-electron chi connectivity index (χ1n) is 7.51. The number of aliphatic hydroxyl groups is 1. The van der Waals surface area contributed by atoms with Crippen molar-refractivity contribution in [2.75, 3.05) is 56.6 Å². The van der Waals surface area contributed by atoms with Gasteiger partial charge < -0.3 is 25.4 Å². The second-order valence-electron chi connectivity index (χ2n) is 5.95. The molecule has 1 aromatic rings. The molecule has 3 rings (SSSR count). The second kappa shape index (κ2) is 6.13. The Morgan fingerprint density at radius 2 is 2.14 bits per heavy atom. The van der Waals surface area contributed by atoms with Crippen LogP contribution in [0.4, 0.5) is 11.8 Å². The van der Waals surface area contributed by atoms with Crippen molar-refractivity contribution in [3.8, 4) is 0 Å². The minimum Gasteiger partial charge on any atom is -0.384 e. The summed E-state index contributed by atoms with van der Waals surface area (Å²) in [4.78, 5) is 12.5. The SMILES string of the molecule is Nc1nccc(N2CCOC[C@@](O)(CN3CCCC3)C2)n1. The predicted octanol–water partition coefficient (Wildman–Crippen LogP) is -0.278. The molecule has 3 N–H and O–H groups in total. The van der Waals surface area contributed by atoms with E-state index in [9.17, 15) is 5.11 Å². The monoisotopic (exact) mass is 293 g/mol. The minimum absolute atomic E-state index is 0.251. The number of nitrogens with zero attached hydrogens (tertiary/aromatic N) is 4. The lowest BCUT2D eigenvalue weighted by Crippen LogP contribution is -2.52. The predicted molar refractivity (Wildman–Crippen MR) is 80.1 cm³/mol. The number of hydrogen-bond donors (Lipinski definition) is 2. The molecule has 0 aromatic carbocycles. The normalized spacial score (nSPS) is 27.8. The van der Waals surface area contributed by atoms with E-state index in [0.29, 0.717) is 32.8 Å². The molecule has 0 saturated carbocycles. The minimum atomic E-state index is -0.874. The van der Waals surface area contributed by atoms with E-state index in [2.05, 4.69) is 14.9 Å². The van der Waals surface area contributed by atoms with Gasteiger partial charge in [0.25, 0.3) is 0 Å². The number of aromatic nitrogens is 2. The maximum absolute atomic E-state index is 10.9. The molecule has 0 bridgehead atoms. The number of nitrogens with two attached hydrogens (primary N) is 1. The third kappa shape index (κ3) is 3.61. The van der Waals surface area contributed by atoms with Gasteiger partial charge in [-0.2, -0.15) is 4.98 Å². The molecular formula is C14H23N5O2. The maximum atomic E-state index is 10.9. The van der Waals surface area contributed by atoms with Gasteiger partial charge in [0.05, 0.1) is 19.8 Å². The molecule has 116 valence electrons. The van der Waals surface area contributed by atoms with Gasteiger partial charge in [-0.1, -0.05) is 0 Å². The molecule has 0 aliphatic carbocycles. The quantitative estimate of drug-likeness (QED) is 0.792. The molecule has 1 aromatic heterocycles. The first kappa shape index (κ1) is 14.5. The standard InChI is InChI=1S/C14H23N5O2/c15-13-16-4-3-12(17-13)19-7-8-21-11-14(20,10-19)9-18-5-1-2-6-18/h3-4,20H,1-2,5-11H2,(H2,15,16,17)/t14-/m1/s1. The van der Waals surface area contributed by atoms with E-state index >= 15 is 0 Å². The highest BCUT2D eigenvalue weighted by Crippen LogP contribution is 2.21. The van der Waals surface area contributed by atoms with Crippen molar-refractivity contribution in [1.29, 1.82) is 0 Å². The molecule has 0 amide bonds. The Labute approximate surface area is 124 Å². The van der Waals surface area contributed by atoms with E-state index in [4.69, 9.17) is 10.5 Å². The summed E-state index contributed by atoms with van der Waals surface area (Å²) >= 11 is 0. The maximum Gasteiger partial charge on any atom is 0.221 e. The Morgan fingerprint density at radius 3 is 2.90 bits per heavy atom. The molecule has 1 atom stereocenters. The number of ether oxygens (including phenoxy) is 1. The molecule has 2 aliphatic heterocycles. The smallest absolute Gasteiger partial charge is 0.221 e. The van der Waals surface area contributed by atoms with E-state index in [-0.39, 0.29) is 5.95 Å². The number of nitrogen functional groups attached to an aromatic ring is 1. The van der Waals surface area contributed by atoms with Crippen molar-refractivity contribution in [3.63, 3.8) is 0 Å². The second-order valence-corrected chi connectivity index (χ2v) is 5.95. The van der Waals surface area contributed by atoms with Gasteiger partial charge in [0.15, 0.2) is 0 Å². The molecule has 0 unspecified atom stereocenters. The summed E-state index contributed by atoms with van der Waals surface area (Å²) < 4.78 is 5.61. The van der Waals surface area contributed by atoms with Crippen LogP contribution in [0.5, 0.6) is 0 Å². The Kier molecular flexibility index (Phi) is 4.23. The fraction of sp³-hybridized carbons (Fsp3) is 0.714. The van der Waals surface area contributed by atoms with Gasteiger partial charge in [-0.25, -0.2) is 4.98 Å². The van der Waals surface area contributed by atoms with Crippen LogP contribution in [-0.4, -0.2) is 71.5 Å². The first-order valence-corrected chi connectivity index (χ1v) is 7.51. The zero-order valence-corrected chi connectivity index (χ0v) is 12.2. The average molecular weight is 293 g/mol. The highest BCUT2D eigenvalue weighted by molar-refractivity contribution is 5.41. The van der Waals surface area contributed by atoms with Crippen LogP contribution in [-0.2, 0) is 4.74 Å². The number of rotatable bonds is 3. The summed E-state index contributed by atoms with van der Waals surface area (Å²) in [6.07, 6.45) is 4.06. The summed E-state index contributed by atoms with van der Waals surface area (Å²) in [7, 11) is 0. The van der Waals surface area contributed by atoms with E-state index in [1.54, 1.807) is 6.20 Å². The van der Waals surface area contributed by atoms with Gasteiger partial charge in [0.2, 0.25) is 5.95 Å². The molecule has 0 spiro atoms. The zero-order chi connectivity index (χ0) is 14.7. The molecule has 2 aliphatic rings. The number of hydrogen-bond acceptors (Lipinski definition) is 7. The number of likely N-dealkylation sites (tertiary alicyclic amines) is 1. The molecule has 3 heterocycles. The Hall–Kier alpha value is -1.44. The number of anilines is 2. The van der Waals surface area contributed by atoms with Crippen LogP contribution < -0.4 is 10.6 Å². The molecular weight excluding hydrogens is 270 g/mol. The summed E-state index contributed by atoms with van der Waals surface area (Å²) in [6, 6.07) is 1.82. The summed E-state index contributed by atoms with van der Waals surface area (Å²) in [5.41, 5.74) is 4.78. The van der Waals surface area contributed by atoms with Crippen LogP contribution in [0.15, 0.2) is 12.3 Å². The molecule has 0 radical (unpaired) electrons. The Balaban J connectivity index is 1.73. The summed E-state index contributed by atoms with van der Waals surface area (Å²) in [5.74, 6) is 0.994. The van der Waals surface area contributed by atoms with Gasteiger partial charge in [0.1, 0.15) is 11.4 Å². The molecule has 21 heavy (non-hydrogen) atoms. The topological polar surface area (TPSA) is 87.7 Å². The first-order chi connectivity index (χ1) is 10.1. The lowest BCUT2D eigenvalue weighted by Gasteiger charge is -2.34. The zero-order valence-electron chi connectivity index (χ0n) is 12.2. The van der Waals surface area contributed by atoms with Gasteiger partial charge >= 0.3 is 0 Å². The Morgan fingerprint density at radius 1 is 1.33 bits per heavy atom. The lowest BCUT2D eigenvalue weighted by molar-refractivity contribution is -0.0439. The Bertz CT molecular complexity index is 480. The fourth-order valence-corrected chi connectivity index (χ4v) is 3.10. The van der Waals surface area contributed by atoms with E-state index in [1.807, 2.05) is 11.0 Å².